The van der Waals surface area contributed by atoms with Crippen molar-refractivity contribution in [2.45, 2.75) is 51.9 Å². The van der Waals surface area contributed by atoms with E-state index in [0.717, 1.165) is 33.0 Å². The number of carbonyl (C=O) groups excluding carboxylic acids is 1. The summed E-state index contributed by atoms with van der Waals surface area (Å²) >= 11 is 0. The quantitative estimate of drug-likeness (QED) is 0.570. The number of nitrogens with one attached hydrogen (secondary N) is 1. The summed E-state index contributed by atoms with van der Waals surface area (Å²) in [6, 6.07) is 14.5. The number of carbonyl (C=O) groups is 1. The van der Waals surface area contributed by atoms with Crippen LogP contribution in [0, 0.1) is 0 Å². The van der Waals surface area contributed by atoms with Crippen LogP contribution in [-0.2, 0) is 15.0 Å². The number of hydrogen-bond donors (Lipinski definition) is 1. The molecule has 0 fully saturated rings. The maximum absolute atomic E-state index is 12.3. The lowest BCUT2D eigenvalue weighted by Gasteiger charge is -2.29. The second kappa shape index (κ2) is 8.26. The highest BCUT2D eigenvalue weighted by Crippen LogP contribution is 2.37. The molecule has 0 bridgehead atoms. The Labute approximate surface area is 188 Å². The molecule has 0 saturated heterocycles. The number of nitrogens with zero attached hydrogens (tertiary/aromatic N) is 2. The highest BCUT2D eigenvalue weighted by molar-refractivity contribution is 5.92. The van der Waals surface area contributed by atoms with Crippen molar-refractivity contribution in [2.75, 3.05) is 6.54 Å². The van der Waals surface area contributed by atoms with E-state index in [4.69, 9.17) is 9.47 Å². The number of amides is 1. The van der Waals surface area contributed by atoms with E-state index < -0.39 is 17.2 Å². The van der Waals surface area contributed by atoms with Gasteiger partial charge in [-0.3, -0.25) is 9.98 Å². The van der Waals surface area contributed by atoms with Gasteiger partial charge >= 0.3 is 6.09 Å². The molecule has 32 heavy (non-hydrogen) atoms. The van der Waals surface area contributed by atoms with Crippen molar-refractivity contribution in [3.8, 4) is 11.1 Å². The van der Waals surface area contributed by atoms with Gasteiger partial charge in [-0.2, -0.15) is 0 Å². The zero-order valence-electron chi connectivity index (χ0n) is 19.2. The van der Waals surface area contributed by atoms with Crippen LogP contribution in [-0.4, -0.2) is 29.6 Å². The van der Waals surface area contributed by atoms with Crippen molar-refractivity contribution >= 4 is 23.3 Å². The molecule has 1 amide bonds. The molecule has 0 aliphatic carbocycles. The zero-order chi connectivity index (χ0) is 22.9. The number of aliphatic imine (C=N–C) groups is 1. The van der Waals surface area contributed by atoms with Gasteiger partial charge in [0.05, 0.1) is 12.1 Å². The average Bonchev–Trinajstić information content (AvgIpc) is 3.25. The van der Waals surface area contributed by atoms with Crippen LogP contribution >= 0.6 is 0 Å². The van der Waals surface area contributed by atoms with Crippen LogP contribution in [0.15, 0.2) is 59.9 Å². The first kappa shape index (κ1) is 21.8. The molecule has 0 saturated carbocycles. The third kappa shape index (κ3) is 4.59. The molecule has 6 heteroatoms. The standard InChI is InChI=1S/C26H29N3O3/c1-25(2,3)32-24(30)29-26(4,5)19-9-6-17(7-10-19)20-11-8-18-14-27-13-12-21(18)23(20)22-15-28-16-31-22/h6-14,16,22H,15H2,1-5H3,(H,29,30). The Morgan fingerprint density at radius 2 is 1.81 bits per heavy atom. The lowest BCUT2D eigenvalue weighted by molar-refractivity contribution is 0.0470. The fraction of sp³-hybridized carbons (Fsp3) is 0.346. The molecule has 6 nitrogen and oxygen atoms in total. The molecule has 3 aromatic rings. The van der Waals surface area contributed by atoms with Crippen LogP contribution in [0.5, 0.6) is 0 Å². The Morgan fingerprint density at radius 3 is 2.47 bits per heavy atom. The van der Waals surface area contributed by atoms with E-state index in [9.17, 15) is 4.79 Å². The second-order valence-electron chi connectivity index (χ2n) is 9.55. The molecule has 4 rings (SSSR count). The SMILES string of the molecule is CC(C)(C)OC(=O)NC(C)(C)c1ccc(-c2ccc3cnccc3c2C2CN=CO2)cc1. The molecule has 1 unspecified atom stereocenters. The number of rotatable bonds is 4. The first-order valence-corrected chi connectivity index (χ1v) is 10.8. The first-order valence-electron chi connectivity index (χ1n) is 10.8. The lowest BCUT2D eigenvalue weighted by atomic mass is 9.89. The fourth-order valence-electron chi connectivity index (χ4n) is 3.95. The molecule has 0 radical (unpaired) electrons. The second-order valence-corrected chi connectivity index (χ2v) is 9.55. The molecular weight excluding hydrogens is 402 g/mol. The van der Waals surface area contributed by atoms with Crippen molar-refractivity contribution in [3.05, 3.63) is 66.0 Å². The van der Waals surface area contributed by atoms with Crippen LogP contribution in [0.3, 0.4) is 0 Å². The summed E-state index contributed by atoms with van der Waals surface area (Å²) < 4.78 is 11.2. The topological polar surface area (TPSA) is 72.8 Å². The van der Waals surface area contributed by atoms with E-state index >= 15 is 0 Å². The Morgan fingerprint density at radius 1 is 1.06 bits per heavy atom. The van der Waals surface area contributed by atoms with Gasteiger partial charge in [0.2, 0.25) is 0 Å². The third-order valence-corrected chi connectivity index (χ3v) is 5.49. The normalized spacial score (nSPS) is 16.1. The van der Waals surface area contributed by atoms with Crippen molar-refractivity contribution < 1.29 is 14.3 Å². The number of ether oxygens (including phenoxy) is 2. The summed E-state index contributed by atoms with van der Waals surface area (Å²) in [5.41, 5.74) is 3.15. The number of benzene rings is 2. The number of aromatic nitrogens is 1. The Balaban J connectivity index is 1.66. The van der Waals surface area contributed by atoms with Crippen molar-refractivity contribution in [1.29, 1.82) is 0 Å². The van der Waals surface area contributed by atoms with Gasteiger partial charge < -0.3 is 14.8 Å². The smallest absolute Gasteiger partial charge is 0.408 e. The van der Waals surface area contributed by atoms with E-state index in [1.165, 1.54) is 6.40 Å². The summed E-state index contributed by atoms with van der Waals surface area (Å²) in [5.74, 6) is 0. The van der Waals surface area contributed by atoms with Gasteiger partial charge in [0.15, 0.2) is 6.40 Å². The first-order chi connectivity index (χ1) is 15.1. The summed E-state index contributed by atoms with van der Waals surface area (Å²) in [4.78, 5) is 20.8. The summed E-state index contributed by atoms with van der Waals surface area (Å²) in [7, 11) is 0. The maximum Gasteiger partial charge on any atom is 0.408 e. The number of pyridine rings is 1. The van der Waals surface area contributed by atoms with Crippen LogP contribution in [0.1, 0.15) is 51.8 Å². The average molecular weight is 432 g/mol. The molecule has 0 spiro atoms. The third-order valence-electron chi connectivity index (χ3n) is 5.49. The number of alkyl carbamates (subject to hydrolysis) is 1. The van der Waals surface area contributed by atoms with Gasteiger partial charge in [0.25, 0.3) is 0 Å². The van der Waals surface area contributed by atoms with Crippen LogP contribution in [0.25, 0.3) is 21.9 Å². The predicted molar refractivity (Wildman–Crippen MR) is 127 cm³/mol. The molecule has 1 aromatic heterocycles. The minimum atomic E-state index is -0.582. The lowest BCUT2D eigenvalue weighted by Crippen LogP contribution is -2.43. The summed E-state index contributed by atoms with van der Waals surface area (Å²) in [5, 5.41) is 5.15. The van der Waals surface area contributed by atoms with E-state index in [2.05, 4.69) is 39.6 Å². The molecule has 2 aromatic carbocycles. The van der Waals surface area contributed by atoms with Crippen molar-refractivity contribution in [1.82, 2.24) is 10.3 Å². The van der Waals surface area contributed by atoms with E-state index in [1.807, 2.05) is 59.0 Å². The fourth-order valence-corrected chi connectivity index (χ4v) is 3.95. The molecular formula is C26H29N3O3. The Kier molecular flexibility index (Phi) is 5.63. The van der Waals surface area contributed by atoms with Gasteiger partial charge in [-0.25, -0.2) is 4.79 Å². The molecule has 1 aliphatic heterocycles. The highest BCUT2D eigenvalue weighted by atomic mass is 16.6. The van der Waals surface area contributed by atoms with Gasteiger partial charge in [-0.15, -0.1) is 0 Å². The maximum atomic E-state index is 12.3. The largest absolute Gasteiger partial charge is 0.474 e. The number of hydrogen-bond acceptors (Lipinski definition) is 5. The van der Waals surface area contributed by atoms with Crippen LogP contribution in [0.2, 0.25) is 0 Å². The number of fused-ring (bicyclic) bond motifs is 1. The highest BCUT2D eigenvalue weighted by Gasteiger charge is 2.27. The Bertz CT molecular complexity index is 1150. The molecule has 1 aliphatic rings. The minimum Gasteiger partial charge on any atom is -0.474 e. The van der Waals surface area contributed by atoms with Gasteiger partial charge in [-0.1, -0.05) is 36.4 Å². The Hall–Kier alpha value is -3.41. The van der Waals surface area contributed by atoms with E-state index in [-0.39, 0.29) is 6.10 Å². The molecule has 166 valence electrons. The summed E-state index contributed by atoms with van der Waals surface area (Å²) in [6.07, 6.45) is 4.64. The predicted octanol–water partition coefficient (Wildman–Crippen LogP) is 5.76. The van der Waals surface area contributed by atoms with Crippen LogP contribution in [0.4, 0.5) is 4.79 Å². The van der Waals surface area contributed by atoms with Crippen molar-refractivity contribution in [2.24, 2.45) is 4.99 Å². The van der Waals surface area contributed by atoms with Crippen molar-refractivity contribution in [3.63, 3.8) is 0 Å². The minimum absolute atomic E-state index is 0.124. The van der Waals surface area contributed by atoms with Gasteiger partial charge in [0.1, 0.15) is 11.7 Å². The van der Waals surface area contributed by atoms with Gasteiger partial charge in [0, 0.05) is 23.3 Å². The summed E-state index contributed by atoms with van der Waals surface area (Å²) in [6.45, 7) is 10.1. The molecule has 1 N–H and O–H groups in total. The monoisotopic (exact) mass is 431 g/mol. The van der Waals surface area contributed by atoms with Crippen LogP contribution < -0.4 is 5.32 Å². The zero-order valence-corrected chi connectivity index (χ0v) is 19.2. The van der Waals surface area contributed by atoms with E-state index in [1.54, 1.807) is 6.20 Å². The molecule has 2 heterocycles. The van der Waals surface area contributed by atoms with E-state index in [0.29, 0.717) is 6.54 Å². The molecule has 1 atom stereocenters. The van der Waals surface area contributed by atoms with Gasteiger partial charge in [-0.05, 0) is 62.8 Å².